The lowest BCUT2D eigenvalue weighted by Crippen LogP contribution is -2.20. The summed E-state index contributed by atoms with van der Waals surface area (Å²) in [6, 6.07) is 9.62. The molecule has 2 aromatic heterocycles. The van der Waals surface area contributed by atoms with E-state index < -0.39 is 17.7 Å². The molecule has 2 heterocycles. The number of aromatic hydroxyl groups is 1. The predicted octanol–water partition coefficient (Wildman–Crippen LogP) is 3.48. The van der Waals surface area contributed by atoms with Gasteiger partial charge in [0.2, 0.25) is 0 Å². The fourth-order valence-corrected chi connectivity index (χ4v) is 3.07. The molecule has 0 fully saturated rings. The number of phenolic OH excluding ortho intramolecular Hbond substituents is 1. The maximum atomic E-state index is 13.0. The van der Waals surface area contributed by atoms with Gasteiger partial charge >= 0.3 is 6.36 Å². The Balaban J connectivity index is 2.12. The molecule has 0 saturated heterocycles. The highest BCUT2D eigenvalue weighted by atomic mass is 19.4. The Bertz CT molecular complexity index is 1240. The first-order valence-electron chi connectivity index (χ1n) is 7.80. The molecule has 0 atom stereocenters. The van der Waals surface area contributed by atoms with Gasteiger partial charge in [-0.05, 0) is 24.3 Å². The molecule has 1 N–H and O–H groups in total. The molecule has 0 unspecified atom stereocenters. The third kappa shape index (κ3) is 2.97. The number of hydrogen-bond acceptors (Lipinski definition) is 4. The fraction of sp³-hybridized carbons (Fsp3) is 0.111. The smallest absolute Gasteiger partial charge is 0.508 e. The van der Waals surface area contributed by atoms with E-state index in [-0.39, 0.29) is 16.8 Å². The number of alkyl halides is 3. The van der Waals surface area contributed by atoms with Gasteiger partial charge in [0.1, 0.15) is 11.5 Å². The molecule has 0 aliphatic rings. The van der Waals surface area contributed by atoms with E-state index in [2.05, 4.69) is 9.84 Å². The van der Waals surface area contributed by atoms with E-state index in [1.807, 2.05) is 0 Å². The molecule has 6 nitrogen and oxygen atoms in total. The highest BCUT2D eigenvalue weighted by Crippen LogP contribution is 2.31. The second-order valence-corrected chi connectivity index (χ2v) is 5.95. The van der Waals surface area contributed by atoms with Gasteiger partial charge in [-0.25, -0.2) is 0 Å². The fourth-order valence-electron chi connectivity index (χ4n) is 3.07. The number of aromatic nitrogens is 3. The van der Waals surface area contributed by atoms with Crippen LogP contribution in [-0.2, 0) is 7.05 Å². The van der Waals surface area contributed by atoms with E-state index in [0.717, 1.165) is 6.07 Å². The second kappa shape index (κ2) is 5.76. The van der Waals surface area contributed by atoms with Crippen LogP contribution in [0.4, 0.5) is 13.2 Å². The number of pyridine rings is 1. The average Bonchev–Trinajstić information content (AvgIpc) is 2.96. The van der Waals surface area contributed by atoms with E-state index in [1.165, 1.54) is 39.6 Å². The summed E-state index contributed by atoms with van der Waals surface area (Å²) in [5.41, 5.74) is 0.139. The van der Waals surface area contributed by atoms with Crippen molar-refractivity contribution in [3.8, 4) is 17.2 Å². The molecule has 0 radical (unpaired) electrons. The number of halogens is 3. The number of fused-ring (bicyclic) bond motifs is 3. The van der Waals surface area contributed by atoms with Crippen LogP contribution in [-0.4, -0.2) is 25.8 Å². The Morgan fingerprint density at radius 3 is 2.59 bits per heavy atom. The molecule has 9 heteroatoms. The van der Waals surface area contributed by atoms with Gasteiger partial charge in [-0.1, -0.05) is 6.07 Å². The Morgan fingerprint density at radius 1 is 1.11 bits per heavy atom. The minimum Gasteiger partial charge on any atom is -0.508 e. The van der Waals surface area contributed by atoms with Gasteiger partial charge in [-0.3, -0.25) is 14.0 Å². The highest BCUT2D eigenvalue weighted by Gasteiger charge is 2.31. The number of ether oxygens (including phenoxy) is 1. The lowest BCUT2D eigenvalue weighted by Gasteiger charge is -2.14. The van der Waals surface area contributed by atoms with Gasteiger partial charge in [-0.15, -0.1) is 13.2 Å². The number of phenols is 1. The molecular formula is C18H12F3N3O3. The van der Waals surface area contributed by atoms with Crippen molar-refractivity contribution < 1.29 is 23.0 Å². The molecule has 0 amide bonds. The number of hydrogen-bond donors (Lipinski definition) is 1. The van der Waals surface area contributed by atoms with Gasteiger partial charge in [0.15, 0.2) is 5.52 Å². The van der Waals surface area contributed by atoms with Crippen molar-refractivity contribution in [3.05, 3.63) is 59.0 Å². The van der Waals surface area contributed by atoms with Crippen LogP contribution in [0.1, 0.15) is 0 Å². The van der Waals surface area contributed by atoms with E-state index in [0.29, 0.717) is 16.5 Å². The summed E-state index contributed by atoms with van der Waals surface area (Å²) < 4.78 is 44.5. The van der Waals surface area contributed by atoms with Crippen LogP contribution in [0.15, 0.2) is 53.5 Å². The van der Waals surface area contributed by atoms with Crippen molar-refractivity contribution >= 4 is 21.8 Å². The van der Waals surface area contributed by atoms with Crippen molar-refractivity contribution in [2.75, 3.05) is 0 Å². The lowest BCUT2D eigenvalue weighted by atomic mass is 10.1. The van der Waals surface area contributed by atoms with Crippen LogP contribution in [0.5, 0.6) is 11.5 Å². The summed E-state index contributed by atoms with van der Waals surface area (Å²) in [6.45, 7) is 0. The summed E-state index contributed by atoms with van der Waals surface area (Å²) in [5.74, 6) is -0.539. The third-order valence-electron chi connectivity index (χ3n) is 4.06. The van der Waals surface area contributed by atoms with Crippen LogP contribution in [0.3, 0.4) is 0 Å². The molecular weight excluding hydrogens is 363 g/mol. The van der Waals surface area contributed by atoms with Crippen LogP contribution < -0.4 is 10.3 Å². The van der Waals surface area contributed by atoms with Gasteiger partial charge in [0.05, 0.1) is 11.2 Å². The summed E-state index contributed by atoms with van der Waals surface area (Å²) in [7, 11) is 1.64. The molecule has 0 saturated carbocycles. The minimum absolute atomic E-state index is 0.0867. The van der Waals surface area contributed by atoms with Crippen LogP contribution in [0.2, 0.25) is 0 Å². The summed E-state index contributed by atoms with van der Waals surface area (Å²) in [4.78, 5) is 13.0. The molecule has 0 aliphatic heterocycles. The first-order chi connectivity index (χ1) is 12.7. The molecule has 0 bridgehead atoms. The van der Waals surface area contributed by atoms with Gasteiger partial charge in [0, 0.05) is 36.1 Å². The number of benzene rings is 2. The summed E-state index contributed by atoms with van der Waals surface area (Å²) >= 11 is 0. The Labute approximate surface area is 149 Å². The van der Waals surface area contributed by atoms with Crippen molar-refractivity contribution in [2.45, 2.75) is 6.36 Å². The zero-order valence-electron chi connectivity index (χ0n) is 13.9. The Hall–Kier alpha value is -3.49. The zero-order chi connectivity index (χ0) is 19.3. The molecule has 4 rings (SSSR count). The Morgan fingerprint density at radius 2 is 1.89 bits per heavy atom. The molecule has 4 aromatic rings. The summed E-state index contributed by atoms with van der Waals surface area (Å²) in [5, 5.41) is 14.9. The van der Waals surface area contributed by atoms with E-state index in [1.54, 1.807) is 19.3 Å². The first-order valence-corrected chi connectivity index (χ1v) is 7.80. The number of rotatable bonds is 2. The molecule has 0 aliphatic carbocycles. The van der Waals surface area contributed by atoms with Gasteiger partial charge in [-0.2, -0.15) is 5.10 Å². The average molecular weight is 375 g/mol. The van der Waals surface area contributed by atoms with Crippen molar-refractivity contribution in [2.24, 2.45) is 7.05 Å². The lowest BCUT2D eigenvalue weighted by molar-refractivity contribution is -0.274. The highest BCUT2D eigenvalue weighted by molar-refractivity contribution is 6.05. The molecule has 27 heavy (non-hydrogen) atoms. The maximum Gasteiger partial charge on any atom is 0.573 e. The number of aryl methyl sites for hydroxylation is 1. The summed E-state index contributed by atoms with van der Waals surface area (Å²) in [6.07, 6.45) is -3.24. The SMILES string of the molecule is Cn1cc2c(n1)c(=O)n(-c1cccc(O)c1)c1cc(OC(F)(F)F)ccc21. The Kier molecular flexibility index (Phi) is 3.62. The molecule has 2 aromatic carbocycles. The topological polar surface area (TPSA) is 69.3 Å². The second-order valence-electron chi connectivity index (χ2n) is 5.95. The normalized spacial score (nSPS) is 12.0. The first kappa shape index (κ1) is 17.0. The van der Waals surface area contributed by atoms with Crippen LogP contribution in [0, 0.1) is 0 Å². The molecule has 0 spiro atoms. The zero-order valence-corrected chi connectivity index (χ0v) is 13.9. The van der Waals surface area contributed by atoms with E-state index in [9.17, 15) is 23.1 Å². The molecule has 138 valence electrons. The van der Waals surface area contributed by atoms with Gasteiger partial charge in [0.25, 0.3) is 5.56 Å². The van der Waals surface area contributed by atoms with Crippen LogP contribution >= 0.6 is 0 Å². The van der Waals surface area contributed by atoms with Crippen molar-refractivity contribution in [3.63, 3.8) is 0 Å². The monoisotopic (exact) mass is 375 g/mol. The van der Waals surface area contributed by atoms with E-state index in [4.69, 9.17) is 0 Å². The minimum atomic E-state index is -4.86. The van der Waals surface area contributed by atoms with Crippen molar-refractivity contribution in [1.82, 2.24) is 14.3 Å². The standard InChI is InChI=1S/C18H12F3N3O3/c1-23-9-14-13-6-5-12(27-18(19,20)21)8-15(13)24(17(26)16(14)22-23)10-3-2-4-11(25)7-10/h2-9,25H,1H3. The quantitative estimate of drug-likeness (QED) is 0.582. The van der Waals surface area contributed by atoms with Gasteiger partial charge < -0.3 is 9.84 Å². The number of nitrogens with zero attached hydrogens (tertiary/aromatic N) is 3. The largest absolute Gasteiger partial charge is 0.573 e. The van der Waals surface area contributed by atoms with Crippen molar-refractivity contribution in [1.29, 1.82) is 0 Å². The maximum absolute atomic E-state index is 13.0. The third-order valence-corrected chi connectivity index (χ3v) is 4.06. The van der Waals surface area contributed by atoms with E-state index >= 15 is 0 Å². The van der Waals surface area contributed by atoms with Crippen LogP contribution in [0.25, 0.3) is 27.5 Å². The predicted molar refractivity (Wildman–Crippen MR) is 92.2 cm³/mol.